The van der Waals surface area contributed by atoms with Crippen LogP contribution in [0.1, 0.15) is 94.3 Å². The third-order valence-corrected chi connectivity index (χ3v) is 16.0. The molecule has 0 saturated carbocycles. The summed E-state index contributed by atoms with van der Waals surface area (Å²) < 4.78 is 0. The quantitative estimate of drug-likeness (QED) is 0.159. The highest BCUT2D eigenvalue weighted by Gasteiger charge is 2.50. The molecule has 0 fully saturated rings. The molecular formula is C68H63BN2. The molecule has 0 bridgehead atoms. The van der Waals surface area contributed by atoms with Crippen LogP contribution in [0.4, 0.5) is 28.4 Å². The number of nitrogens with zero attached hydrogens (tertiary/aromatic N) is 2. The Morgan fingerprint density at radius 1 is 0.394 bits per heavy atom. The predicted octanol–water partition coefficient (Wildman–Crippen LogP) is 17.2. The molecule has 2 heterocycles. The van der Waals surface area contributed by atoms with Crippen molar-refractivity contribution in [2.45, 2.75) is 92.4 Å². The molecule has 348 valence electrons. The molecule has 0 saturated heterocycles. The lowest BCUT2D eigenvalue weighted by Crippen LogP contribution is -2.62. The maximum Gasteiger partial charge on any atom is 0.333 e. The lowest BCUT2D eigenvalue weighted by molar-refractivity contribution is 0.590. The number of rotatable bonds is 5. The van der Waals surface area contributed by atoms with E-state index in [4.69, 9.17) is 0 Å². The van der Waals surface area contributed by atoms with E-state index < -0.39 is 0 Å². The number of fused-ring (bicyclic) bond motifs is 8. The molecule has 0 spiro atoms. The fourth-order valence-electron chi connectivity index (χ4n) is 12.6. The molecule has 71 heavy (non-hydrogen) atoms. The summed E-state index contributed by atoms with van der Waals surface area (Å²) in [4.78, 5) is 5.38. The second-order valence-corrected chi connectivity index (χ2v) is 23.2. The Morgan fingerprint density at radius 3 is 1.68 bits per heavy atom. The predicted molar refractivity (Wildman–Crippen MR) is 306 cm³/mol. The number of hydrogen-bond donors (Lipinski definition) is 0. The lowest BCUT2D eigenvalue weighted by atomic mass is 9.42. The molecule has 9 aromatic carbocycles. The number of anilines is 5. The average molecular weight is 919 g/mol. The highest BCUT2D eigenvalue weighted by molar-refractivity contribution is 6.94. The molecule has 0 aromatic heterocycles. The monoisotopic (exact) mass is 919 g/mol. The topological polar surface area (TPSA) is 6.48 Å². The van der Waals surface area contributed by atoms with Crippen molar-refractivity contribution in [1.82, 2.24) is 0 Å². The SMILES string of the molecule is Cc1cc(C)c(-c2cc3c4c(c2)N(c2ccc(C(C)(C)C)cc2-c2ccccc2)c2ccc5c(c2B4N(c2ccc(C(C)(C)C)cc2)c2cc(-c4ccccc4)ccc2-3)-c2ccccc2C5(C)C)c(C)c1. The molecule has 2 nitrogen and oxygen atoms in total. The zero-order valence-electron chi connectivity index (χ0n) is 43.3. The Morgan fingerprint density at radius 2 is 1.00 bits per heavy atom. The van der Waals surface area contributed by atoms with Gasteiger partial charge in [-0.3, -0.25) is 0 Å². The fourth-order valence-corrected chi connectivity index (χ4v) is 12.6. The van der Waals surface area contributed by atoms with Crippen LogP contribution in [0, 0.1) is 20.8 Å². The molecule has 2 aliphatic heterocycles. The second-order valence-electron chi connectivity index (χ2n) is 23.2. The van der Waals surface area contributed by atoms with E-state index in [-0.39, 0.29) is 23.1 Å². The standard InChI is InChI=1S/C68H63BN2/c1-42-36-43(2)62(44(3)37-42)48-38-55-52-32-26-47(45-20-14-12-15-21-45)39-60(52)71(51-30-27-49(28-31-51)66(4,5)6)69-64(55)61(40-48)70(58-34-29-50(67(7,8)9)41-54(58)46-22-16-13-17-23-46)59-35-33-57-63(65(59)69)53-24-18-19-25-56(53)68(57,10)11/h12-41H,1-11H3. The van der Waals surface area contributed by atoms with Crippen LogP contribution in [0.15, 0.2) is 182 Å². The van der Waals surface area contributed by atoms with Crippen molar-refractivity contribution in [1.29, 1.82) is 0 Å². The van der Waals surface area contributed by atoms with Crippen molar-refractivity contribution >= 4 is 46.2 Å². The summed E-state index contributed by atoms with van der Waals surface area (Å²) in [5.41, 5.74) is 30.3. The first kappa shape index (κ1) is 44.8. The van der Waals surface area contributed by atoms with Crippen LogP contribution in [0.5, 0.6) is 0 Å². The normalized spacial score (nSPS) is 14.2. The van der Waals surface area contributed by atoms with E-state index >= 15 is 0 Å². The van der Waals surface area contributed by atoms with Gasteiger partial charge >= 0.3 is 6.85 Å². The molecule has 0 radical (unpaired) electrons. The second kappa shape index (κ2) is 16.1. The van der Waals surface area contributed by atoms with Crippen LogP contribution >= 0.6 is 0 Å². The first-order valence-electron chi connectivity index (χ1n) is 25.6. The molecule has 0 unspecified atom stereocenters. The molecular weight excluding hydrogens is 856 g/mol. The van der Waals surface area contributed by atoms with Gasteiger partial charge in [-0.25, -0.2) is 0 Å². The largest absolute Gasteiger partial charge is 0.376 e. The van der Waals surface area contributed by atoms with Gasteiger partial charge in [-0.05, 0) is 169 Å². The summed E-state index contributed by atoms with van der Waals surface area (Å²) in [5.74, 6) is 0. The van der Waals surface area contributed by atoms with E-state index in [1.54, 1.807) is 0 Å². The van der Waals surface area contributed by atoms with Gasteiger partial charge in [0.05, 0.1) is 5.69 Å². The number of aryl methyl sites for hydroxylation is 3. The van der Waals surface area contributed by atoms with Crippen molar-refractivity contribution in [3.8, 4) is 55.6 Å². The Labute approximate surface area is 422 Å². The number of benzene rings is 9. The number of hydrogen-bond acceptors (Lipinski definition) is 2. The summed E-state index contributed by atoms with van der Waals surface area (Å²) in [7, 11) is 0. The zero-order chi connectivity index (χ0) is 49.3. The van der Waals surface area contributed by atoms with Crippen molar-refractivity contribution in [2.24, 2.45) is 0 Å². The summed E-state index contributed by atoms with van der Waals surface area (Å²) in [5, 5.41) is 0. The molecule has 0 N–H and O–H groups in total. The Bertz CT molecular complexity index is 3580. The van der Waals surface area contributed by atoms with Gasteiger partial charge in [0.15, 0.2) is 0 Å². The molecule has 1 aliphatic carbocycles. The third kappa shape index (κ3) is 7.06. The van der Waals surface area contributed by atoms with Gasteiger partial charge in [0, 0.05) is 39.3 Å². The highest BCUT2D eigenvalue weighted by Crippen LogP contribution is 2.55. The van der Waals surface area contributed by atoms with Crippen LogP contribution in [-0.4, -0.2) is 6.85 Å². The molecule has 9 aromatic rings. The van der Waals surface area contributed by atoms with E-state index in [1.165, 1.54) is 134 Å². The summed E-state index contributed by atoms with van der Waals surface area (Å²) in [6, 6.07) is 70.0. The van der Waals surface area contributed by atoms with Crippen LogP contribution in [0.25, 0.3) is 55.6 Å². The maximum atomic E-state index is 2.72. The van der Waals surface area contributed by atoms with Gasteiger partial charge in [-0.2, -0.15) is 0 Å². The van der Waals surface area contributed by atoms with Crippen molar-refractivity contribution in [2.75, 3.05) is 9.71 Å². The Hall–Kier alpha value is -7.36. The first-order chi connectivity index (χ1) is 34.0. The molecule has 0 amide bonds. The maximum absolute atomic E-state index is 2.72. The van der Waals surface area contributed by atoms with Crippen LogP contribution in [-0.2, 0) is 16.2 Å². The van der Waals surface area contributed by atoms with Crippen molar-refractivity contribution in [3.63, 3.8) is 0 Å². The van der Waals surface area contributed by atoms with Gasteiger partial charge in [0.25, 0.3) is 0 Å². The van der Waals surface area contributed by atoms with Crippen LogP contribution in [0.2, 0.25) is 0 Å². The van der Waals surface area contributed by atoms with Crippen molar-refractivity contribution < 1.29 is 0 Å². The van der Waals surface area contributed by atoms with E-state index in [0.29, 0.717) is 0 Å². The fraction of sp³-hybridized carbons (Fsp3) is 0.206. The summed E-state index contributed by atoms with van der Waals surface area (Å²) in [6.45, 7) is 25.4. The van der Waals surface area contributed by atoms with Gasteiger partial charge in [0.2, 0.25) is 0 Å². The smallest absolute Gasteiger partial charge is 0.333 e. The Balaban J connectivity index is 1.27. The average Bonchev–Trinajstić information content (AvgIpc) is 3.59. The molecule has 12 rings (SSSR count). The zero-order valence-corrected chi connectivity index (χ0v) is 43.3. The van der Waals surface area contributed by atoms with Gasteiger partial charge < -0.3 is 9.71 Å². The van der Waals surface area contributed by atoms with Gasteiger partial charge in [-0.15, -0.1) is 0 Å². The highest BCUT2D eigenvalue weighted by atomic mass is 15.2. The van der Waals surface area contributed by atoms with Gasteiger partial charge in [0.1, 0.15) is 0 Å². The molecule has 3 heteroatoms. The Kier molecular flexibility index (Phi) is 10.2. The third-order valence-electron chi connectivity index (χ3n) is 16.0. The van der Waals surface area contributed by atoms with E-state index in [9.17, 15) is 0 Å². The van der Waals surface area contributed by atoms with Gasteiger partial charge in [-0.1, -0.05) is 194 Å². The van der Waals surface area contributed by atoms with E-state index in [2.05, 4.69) is 268 Å². The molecule has 3 aliphatic rings. The van der Waals surface area contributed by atoms with Crippen LogP contribution in [0.3, 0.4) is 0 Å². The first-order valence-corrected chi connectivity index (χ1v) is 25.6. The van der Waals surface area contributed by atoms with E-state index in [1.807, 2.05) is 0 Å². The minimum Gasteiger partial charge on any atom is -0.376 e. The lowest BCUT2D eigenvalue weighted by Gasteiger charge is -2.47. The summed E-state index contributed by atoms with van der Waals surface area (Å²) >= 11 is 0. The summed E-state index contributed by atoms with van der Waals surface area (Å²) in [6.07, 6.45) is 0. The minimum atomic E-state index is -0.199. The van der Waals surface area contributed by atoms with Crippen molar-refractivity contribution in [3.05, 3.63) is 221 Å². The minimum absolute atomic E-state index is 0.00821. The van der Waals surface area contributed by atoms with E-state index in [0.717, 1.165) is 0 Å². The van der Waals surface area contributed by atoms with Crippen LogP contribution < -0.4 is 20.6 Å². The molecule has 0 atom stereocenters.